The number of esters is 1. The molecule has 1 aromatic carbocycles. The van der Waals surface area contributed by atoms with Gasteiger partial charge in [-0.05, 0) is 79.9 Å². The summed E-state index contributed by atoms with van der Waals surface area (Å²) in [4.78, 5) is 15.1. The fraction of sp³-hybridized carbons (Fsp3) is 0.393. The molecule has 2 aromatic rings. The van der Waals surface area contributed by atoms with Crippen molar-refractivity contribution >= 4 is 17.3 Å². The number of aryl methyl sites for hydroxylation is 1. The summed E-state index contributed by atoms with van der Waals surface area (Å²) >= 11 is 1.77. The van der Waals surface area contributed by atoms with Crippen LogP contribution in [0.1, 0.15) is 37.7 Å². The van der Waals surface area contributed by atoms with Crippen molar-refractivity contribution in [2.75, 3.05) is 26.8 Å². The second-order valence-electron chi connectivity index (χ2n) is 8.24. The molecule has 0 spiro atoms. The van der Waals surface area contributed by atoms with Gasteiger partial charge in [0.15, 0.2) is 0 Å². The predicted molar refractivity (Wildman–Crippen MR) is 137 cm³/mol. The van der Waals surface area contributed by atoms with E-state index in [0.717, 1.165) is 44.5 Å². The summed E-state index contributed by atoms with van der Waals surface area (Å²) in [6, 6.07) is 13.5. The van der Waals surface area contributed by atoms with Crippen LogP contribution in [0.2, 0.25) is 0 Å². The largest absolute Gasteiger partial charge is 0.492 e. The molecule has 0 amide bonds. The zero-order chi connectivity index (χ0) is 23.3. The van der Waals surface area contributed by atoms with Crippen molar-refractivity contribution in [3.05, 3.63) is 84.0 Å². The number of hydrogen-bond donors (Lipinski definition) is 0. The van der Waals surface area contributed by atoms with Crippen molar-refractivity contribution in [3.63, 3.8) is 0 Å². The van der Waals surface area contributed by atoms with Crippen LogP contribution >= 0.6 is 11.3 Å². The molecule has 0 unspecified atom stereocenters. The third kappa shape index (κ3) is 8.34. The maximum Gasteiger partial charge on any atom is 0.305 e. The molecule has 0 radical (unpaired) electrons. The molecule has 176 valence electrons. The number of carbonyl (C=O) groups is 1. The van der Waals surface area contributed by atoms with Gasteiger partial charge in [0.1, 0.15) is 12.4 Å². The fourth-order valence-corrected chi connectivity index (χ4v) is 4.83. The van der Waals surface area contributed by atoms with Crippen molar-refractivity contribution in [1.82, 2.24) is 4.90 Å². The van der Waals surface area contributed by atoms with E-state index in [2.05, 4.69) is 65.4 Å². The first-order chi connectivity index (χ1) is 16.2. The highest BCUT2D eigenvalue weighted by atomic mass is 32.1. The molecule has 2 heterocycles. The summed E-state index contributed by atoms with van der Waals surface area (Å²) in [6.07, 6.45) is 13.5. The van der Waals surface area contributed by atoms with E-state index in [4.69, 9.17) is 9.47 Å². The Bertz CT molecular complexity index is 915. The molecule has 1 saturated heterocycles. The highest BCUT2D eigenvalue weighted by Crippen LogP contribution is 2.25. The number of methoxy groups -OCH3 is 1. The molecule has 1 aliphatic rings. The number of nitrogens with zero attached hydrogens (tertiary/aromatic N) is 1. The molecule has 5 heteroatoms. The van der Waals surface area contributed by atoms with Gasteiger partial charge >= 0.3 is 5.97 Å². The summed E-state index contributed by atoms with van der Waals surface area (Å²) in [7, 11) is 1.44. The molecule has 0 bridgehead atoms. The maximum absolute atomic E-state index is 11.3. The van der Waals surface area contributed by atoms with Gasteiger partial charge in [-0.15, -0.1) is 11.3 Å². The van der Waals surface area contributed by atoms with Crippen LogP contribution in [0.5, 0.6) is 0 Å². The minimum absolute atomic E-state index is 0.137. The zero-order valence-corrected chi connectivity index (χ0v) is 20.4. The number of benzene rings is 1. The summed E-state index contributed by atoms with van der Waals surface area (Å²) in [6.45, 7) is 6.45. The van der Waals surface area contributed by atoms with E-state index >= 15 is 0 Å². The molecule has 0 aliphatic carbocycles. The van der Waals surface area contributed by atoms with Crippen molar-refractivity contribution in [2.24, 2.45) is 0 Å². The highest BCUT2D eigenvalue weighted by Gasteiger charge is 2.24. The number of likely N-dealkylation sites (tertiary alicyclic amines) is 1. The Morgan fingerprint density at radius 2 is 2.12 bits per heavy atom. The molecule has 0 saturated carbocycles. The van der Waals surface area contributed by atoms with Crippen LogP contribution in [0.25, 0.3) is 10.4 Å². The van der Waals surface area contributed by atoms with E-state index in [9.17, 15) is 4.79 Å². The van der Waals surface area contributed by atoms with Gasteiger partial charge < -0.3 is 9.47 Å². The van der Waals surface area contributed by atoms with Crippen LogP contribution in [0, 0.1) is 0 Å². The SMILES string of the molecule is C=C/C=C(\C=C/CCc1ccc(-c2cccs2)cc1)OC[C@@H]1CCCN1CCCC(=O)OC. The Morgan fingerprint density at radius 3 is 2.85 bits per heavy atom. The molecule has 1 aliphatic heterocycles. The lowest BCUT2D eigenvalue weighted by Crippen LogP contribution is -2.34. The molecular weight excluding hydrogens is 430 g/mol. The molecule has 0 N–H and O–H groups in total. The van der Waals surface area contributed by atoms with Crippen LogP contribution < -0.4 is 0 Å². The standard InChI is InChI=1S/C28H35NO3S/c1-3-9-26(32-22-25-11-6-19-29(25)20-7-14-28(30)31-2)12-5-4-10-23-15-17-24(18-16-23)27-13-8-21-33-27/h3,5,8-9,12-13,15-18,21,25H,1,4,6-7,10-11,14,19-20,22H2,2H3/b12-5-,26-9+/t25-/m0/s1. The first-order valence-electron chi connectivity index (χ1n) is 11.8. The first kappa shape index (κ1) is 25.0. The topological polar surface area (TPSA) is 38.8 Å². The number of ether oxygens (including phenoxy) is 2. The predicted octanol–water partition coefficient (Wildman–Crippen LogP) is 6.41. The van der Waals surface area contributed by atoms with Crippen LogP contribution in [0.15, 0.2) is 78.4 Å². The van der Waals surface area contributed by atoms with E-state index in [-0.39, 0.29) is 5.97 Å². The fourth-order valence-electron chi connectivity index (χ4n) is 4.10. The lowest BCUT2D eigenvalue weighted by atomic mass is 10.1. The van der Waals surface area contributed by atoms with Crippen LogP contribution in [-0.4, -0.2) is 43.7 Å². The van der Waals surface area contributed by atoms with Gasteiger partial charge in [0.25, 0.3) is 0 Å². The molecule has 1 atom stereocenters. The van der Waals surface area contributed by atoms with Crippen LogP contribution in [-0.2, 0) is 20.7 Å². The number of allylic oxidation sites excluding steroid dienone is 4. The Hall–Kier alpha value is -2.63. The van der Waals surface area contributed by atoms with E-state index in [1.54, 1.807) is 17.4 Å². The van der Waals surface area contributed by atoms with Crippen molar-refractivity contribution in [3.8, 4) is 10.4 Å². The van der Waals surface area contributed by atoms with E-state index < -0.39 is 0 Å². The molecule has 1 fully saturated rings. The lowest BCUT2D eigenvalue weighted by Gasteiger charge is -2.24. The number of thiophene rings is 1. The summed E-state index contributed by atoms with van der Waals surface area (Å²) in [5, 5.41) is 2.11. The van der Waals surface area contributed by atoms with Crippen molar-refractivity contribution in [2.45, 2.75) is 44.6 Å². The number of carbonyl (C=O) groups excluding carboxylic acids is 1. The third-order valence-corrected chi connectivity index (χ3v) is 6.84. The lowest BCUT2D eigenvalue weighted by molar-refractivity contribution is -0.140. The van der Waals surface area contributed by atoms with Crippen molar-refractivity contribution < 1.29 is 14.3 Å². The smallest absolute Gasteiger partial charge is 0.305 e. The Morgan fingerprint density at radius 1 is 1.27 bits per heavy atom. The van der Waals surface area contributed by atoms with E-state index in [1.165, 1.54) is 29.5 Å². The average molecular weight is 466 g/mol. The maximum atomic E-state index is 11.3. The minimum atomic E-state index is -0.137. The quantitative estimate of drug-likeness (QED) is 0.195. The number of hydrogen-bond acceptors (Lipinski definition) is 5. The average Bonchev–Trinajstić information content (AvgIpc) is 3.53. The van der Waals surface area contributed by atoms with Gasteiger partial charge in [-0.3, -0.25) is 9.69 Å². The van der Waals surface area contributed by atoms with E-state index in [0.29, 0.717) is 19.1 Å². The zero-order valence-electron chi connectivity index (χ0n) is 19.6. The molecular formula is C28H35NO3S. The summed E-state index contributed by atoms with van der Waals surface area (Å²) < 4.78 is 10.9. The van der Waals surface area contributed by atoms with Crippen LogP contribution in [0.4, 0.5) is 0 Å². The molecule has 33 heavy (non-hydrogen) atoms. The van der Waals surface area contributed by atoms with Gasteiger partial charge in [-0.2, -0.15) is 0 Å². The first-order valence-corrected chi connectivity index (χ1v) is 12.6. The Labute approximate surface area is 202 Å². The van der Waals surface area contributed by atoms with Gasteiger partial charge in [0.05, 0.1) is 7.11 Å². The molecule has 4 nitrogen and oxygen atoms in total. The summed E-state index contributed by atoms with van der Waals surface area (Å²) in [5.74, 6) is 0.709. The number of rotatable bonds is 13. The molecule has 1 aromatic heterocycles. The minimum Gasteiger partial charge on any atom is -0.492 e. The van der Waals surface area contributed by atoms with Gasteiger partial charge in [0, 0.05) is 17.3 Å². The van der Waals surface area contributed by atoms with Gasteiger partial charge in [-0.1, -0.05) is 49.1 Å². The monoisotopic (exact) mass is 465 g/mol. The van der Waals surface area contributed by atoms with Gasteiger partial charge in [-0.25, -0.2) is 0 Å². The Kier molecular flexibility index (Phi) is 10.5. The second-order valence-corrected chi connectivity index (χ2v) is 9.19. The Balaban J connectivity index is 1.42. The van der Waals surface area contributed by atoms with Gasteiger partial charge in [0.2, 0.25) is 0 Å². The van der Waals surface area contributed by atoms with E-state index in [1.807, 2.05) is 6.08 Å². The molecule has 3 rings (SSSR count). The summed E-state index contributed by atoms with van der Waals surface area (Å²) in [5.41, 5.74) is 2.61. The normalized spacial score (nSPS) is 16.9. The van der Waals surface area contributed by atoms with Crippen LogP contribution in [0.3, 0.4) is 0 Å². The third-order valence-electron chi connectivity index (χ3n) is 5.92. The highest BCUT2D eigenvalue weighted by molar-refractivity contribution is 7.13. The second kappa shape index (κ2) is 13.8. The van der Waals surface area contributed by atoms with Crippen molar-refractivity contribution in [1.29, 1.82) is 0 Å².